The molecule has 1 nitrogen and oxygen atoms in total. The molecule has 1 radical (unpaired) electrons. The van der Waals surface area contributed by atoms with Gasteiger partial charge in [-0.2, -0.15) is 4.90 Å². The zero-order valence-electron chi connectivity index (χ0n) is 6.28. The maximum atomic E-state index is 2.36. The number of nitrogens with zero attached hydrogens (tertiary/aromatic N) is 1. The molecule has 8 heavy (non-hydrogen) atoms. The molecule has 0 saturated heterocycles. The Morgan fingerprint density at radius 1 is 1.00 bits per heavy atom. The molecule has 0 amide bonds. The molecule has 0 aliphatic rings. The van der Waals surface area contributed by atoms with E-state index in [9.17, 15) is 0 Å². The van der Waals surface area contributed by atoms with Crippen LogP contribution >= 0.6 is 0 Å². The second-order valence-corrected chi connectivity index (χ2v) is 2.30. The summed E-state index contributed by atoms with van der Waals surface area (Å²) in [5, 5.41) is 0. The van der Waals surface area contributed by atoms with Crippen molar-refractivity contribution in [3.63, 3.8) is 0 Å². The van der Waals surface area contributed by atoms with Crippen molar-refractivity contribution in [3.05, 3.63) is 0 Å². The Balaban J connectivity index is 2.92. The van der Waals surface area contributed by atoms with Gasteiger partial charge >= 0.3 is 0 Å². The molecule has 0 spiro atoms. The van der Waals surface area contributed by atoms with Crippen molar-refractivity contribution in [2.24, 2.45) is 0 Å². The summed E-state index contributed by atoms with van der Waals surface area (Å²) in [6.45, 7) is 6.92. The Morgan fingerprint density at radius 3 is 1.62 bits per heavy atom. The van der Waals surface area contributed by atoms with E-state index in [1.54, 1.807) is 0 Å². The van der Waals surface area contributed by atoms with E-state index < -0.39 is 0 Å². The number of rotatable bonds is 4. The Bertz CT molecular complexity index is 37.7. The minimum absolute atomic E-state index is 1.24. The molecule has 0 bridgehead atoms. The summed E-state index contributed by atoms with van der Waals surface area (Å²) in [6.07, 6.45) is 2.55. The first-order valence-electron chi connectivity index (χ1n) is 3.49. The minimum atomic E-state index is 1.24. The van der Waals surface area contributed by atoms with Crippen molar-refractivity contribution in [1.29, 1.82) is 0 Å². The maximum absolute atomic E-state index is 2.36. The largest absolute Gasteiger partial charge is 0.173 e. The molecule has 0 saturated carbocycles. The molecule has 0 aromatic heterocycles. The smallest absolute Gasteiger partial charge is 0.122 e. The van der Waals surface area contributed by atoms with E-state index in [1.165, 1.54) is 25.9 Å². The average molecular weight is 115 g/mol. The van der Waals surface area contributed by atoms with Gasteiger partial charge < -0.3 is 0 Å². The molecule has 0 aliphatic carbocycles. The molecule has 0 fully saturated rings. The number of hydrogen-bond acceptors (Lipinski definition) is 1. The van der Waals surface area contributed by atoms with Crippen LogP contribution in [-0.4, -0.2) is 20.1 Å². The highest BCUT2D eigenvalue weighted by Crippen LogP contribution is 1.83. The lowest BCUT2D eigenvalue weighted by Crippen LogP contribution is -2.26. The summed E-state index contributed by atoms with van der Waals surface area (Å²) in [7, 11) is 2.17. The van der Waals surface area contributed by atoms with Crippen LogP contribution in [0.2, 0.25) is 0 Å². The summed E-state index contributed by atoms with van der Waals surface area (Å²) in [5.74, 6) is 0. The van der Waals surface area contributed by atoms with Crippen molar-refractivity contribution in [2.75, 3.05) is 20.1 Å². The predicted octanol–water partition coefficient (Wildman–Crippen LogP) is 1.58. The zero-order valence-corrected chi connectivity index (χ0v) is 6.28. The molecule has 0 aromatic carbocycles. The van der Waals surface area contributed by atoms with Crippen LogP contribution in [0.15, 0.2) is 0 Å². The van der Waals surface area contributed by atoms with E-state index in [1.807, 2.05) is 0 Å². The monoisotopic (exact) mass is 115 g/mol. The van der Waals surface area contributed by atoms with Gasteiger partial charge in [0.2, 0.25) is 0 Å². The first-order chi connectivity index (χ1) is 3.81. The summed E-state index contributed by atoms with van der Waals surface area (Å²) in [5.41, 5.74) is 0. The van der Waals surface area contributed by atoms with Gasteiger partial charge in [-0.05, 0) is 12.8 Å². The average Bonchev–Trinajstić information content (AvgIpc) is 1.68. The summed E-state index contributed by atoms with van der Waals surface area (Å²) in [4.78, 5) is 2.36. The topological polar surface area (TPSA) is 5.90 Å². The first-order valence-corrected chi connectivity index (χ1v) is 3.49. The van der Waals surface area contributed by atoms with Crippen molar-refractivity contribution >= 4 is 0 Å². The highest BCUT2D eigenvalue weighted by Gasteiger charge is 2.00. The van der Waals surface area contributed by atoms with Crippen LogP contribution < -0.4 is 4.90 Å². The van der Waals surface area contributed by atoms with Gasteiger partial charge in [-0.3, -0.25) is 0 Å². The highest BCUT2D eigenvalue weighted by atomic mass is 15.1. The summed E-state index contributed by atoms with van der Waals surface area (Å²) >= 11 is 0. The van der Waals surface area contributed by atoms with E-state index in [4.69, 9.17) is 0 Å². The van der Waals surface area contributed by atoms with E-state index in [2.05, 4.69) is 25.8 Å². The van der Waals surface area contributed by atoms with Gasteiger partial charge in [-0.25, -0.2) is 0 Å². The second kappa shape index (κ2) is 5.10. The Hall–Kier alpha value is -0.0400. The van der Waals surface area contributed by atoms with Crippen LogP contribution in [0.5, 0.6) is 0 Å². The van der Waals surface area contributed by atoms with Gasteiger partial charge in [0.25, 0.3) is 0 Å². The minimum Gasteiger partial charge on any atom is -0.173 e. The van der Waals surface area contributed by atoms with Crippen molar-refractivity contribution < 1.29 is 0 Å². The third kappa shape index (κ3) is 4.13. The van der Waals surface area contributed by atoms with E-state index >= 15 is 0 Å². The Morgan fingerprint density at radius 2 is 1.38 bits per heavy atom. The van der Waals surface area contributed by atoms with Crippen LogP contribution in [-0.2, 0) is 0 Å². The van der Waals surface area contributed by atoms with Crippen LogP contribution in [0.25, 0.3) is 0 Å². The van der Waals surface area contributed by atoms with Gasteiger partial charge in [0, 0.05) is 0 Å². The Kier molecular flexibility index (Phi) is 5.08. The fourth-order valence-corrected chi connectivity index (χ4v) is 0.875. The third-order valence-corrected chi connectivity index (χ3v) is 1.21. The standard InChI is InChI=1S/C7H17N/c1-4-6-8(3)7-5-2/h4-7H2,1-3H3/q+1. The van der Waals surface area contributed by atoms with Gasteiger partial charge in [-0.1, -0.05) is 13.8 Å². The van der Waals surface area contributed by atoms with Gasteiger partial charge in [0.05, 0.1) is 0 Å². The zero-order chi connectivity index (χ0) is 6.41. The van der Waals surface area contributed by atoms with Crippen molar-refractivity contribution in [2.45, 2.75) is 26.7 Å². The predicted molar refractivity (Wildman–Crippen MR) is 38.4 cm³/mol. The van der Waals surface area contributed by atoms with Crippen LogP contribution in [0.1, 0.15) is 26.7 Å². The molecule has 0 aromatic rings. The second-order valence-electron chi connectivity index (χ2n) is 2.30. The van der Waals surface area contributed by atoms with Crippen LogP contribution in [0.4, 0.5) is 0 Å². The van der Waals surface area contributed by atoms with Crippen molar-refractivity contribution in [1.82, 2.24) is 4.90 Å². The van der Waals surface area contributed by atoms with Gasteiger partial charge in [-0.15, -0.1) is 0 Å². The SMILES string of the molecule is CCC[N+](C)CCC. The molecule has 0 atom stereocenters. The normalized spacial score (nSPS) is 10.5. The molecule has 49 valence electrons. The molecule has 0 aliphatic heterocycles. The van der Waals surface area contributed by atoms with Crippen LogP contribution in [0, 0.1) is 0 Å². The molecular formula is C7H17N+. The molecule has 0 rings (SSSR count). The van der Waals surface area contributed by atoms with Crippen LogP contribution in [0.3, 0.4) is 0 Å². The fraction of sp³-hybridized carbons (Fsp3) is 1.00. The van der Waals surface area contributed by atoms with E-state index in [0.29, 0.717) is 0 Å². The first kappa shape index (κ1) is 7.96. The lowest BCUT2D eigenvalue weighted by Gasteiger charge is -2.01. The van der Waals surface area contributed by atoms with E-state index in [0.717, 1.165) is 0 Å². The number of hydrogen-bond donors (Lipinski definition) is 0. The van der Waals surface area contributed by atoms with E-state index in [-0.39, 0.29) is 0 Å². The third-order valence-electron chi connectivity index (χ3n) is 1.21. The summed E-state index contributed by atoms with van der Waals surface area (Å²) in [6, 6.07) is 0. The maximum Gasteiger partial charge on any atom is 0.122 e. The van der Waals surface area contributed by atoms with Gasteiger partial charge in [0.1, 0.15) is 20.1 Å². The quantitative estimate of drug-likeness (QED) is 0.491. The summed E-state index contributed by atoms with van der Waals surface area (Å²) < 4.78 is 0. The molecule has 0 unspecified atom stereocenters. The molecule has 1 heteroatoms. The lowest BCUT2D eigenvalue weighted by molar-refractivity contribution is 0.472. The van der Waals surface area contributed by atoms with Gasteiger partial charge in [0.15, 0.2) is 0 Å². The lowest BCUT2D eigenvalue weighted by atomic mass is 10.4. The Labute approximate surface area is 52.7 Å². The molecule has 0 N–H and O–H groups in total. The molecule has 0 heterocycles. The highest BCUT2D eigenvalue weighted by molar-refractivity contribution is 4.52. The molecular weight excluding hydrogens is 98.1 g/mol. The fourth-order valence-electron chi connectivity index (χ4n) is 0.875. The van der Waals surface area contributed by atoms with Crippen molar-refractivity contribution in [3.8, 4) is 0 Å².